The minimum absolute atomic E-state index is 0.213. The molecule has 9 heteroatoms. The Balaban J connectivity index is 1.18. The second-order valence-electron chi connectivity index (χ2n) is 8.81. The molecule has 2 aromatic heterocycles. The van der Waals surface area contributed by atoms with E-state index in [9.17, 15) is 8.42 Å². The van der Waals surface area contributed by atoms with Crippen LogP contribution in [0.25, 0.3) is 0 Å². The van der Waals surface area contributed by atoms with Crippen molar-refractivity contribution in [3.63, 3.8) is 0 Å². The molecule has 1 aliphatic heterocycles. The molecule has 2 aliphatic rings. The third kappa shape index (κ3) is 4.94. The SMILES string of the molecule is CC(C)c1nc(N2CCC([C@H]3CC3CCOc3ccc(S(C)(=O)=O)cn3)CC2)no1. The third-order valence-corrected chi connectivity index (χ3v) is 7.30. The zero-order valence-corrected chi connectivity index (χ0v) is 18.6. The van der Waals surface area contributed by atoms with Gasteiger partial charge in [-0.25, -0.2) is 13.4 Å². The molecule has 2 atom stereocenters. The standard InChI is InChI=1S/C21H30N4O4S/c1-14(2)20-23-21(24-29-20)25-9-6-15(7-10-25)18-12-16(18)8-11-28-19-5-4-17(13-22-19)30(3,26)27/h4-5,13-16,18H,6-12H2,1-3H3/t16?,18-/m1/s1. The molecule has 1 unspecified atom stereocenters. The predicted octanol–water partition coefficient (Wildman–Crippen LogP) is 3.31. The molecule has 0 N–H and O–H groups in total. The van der Waals surface area contributed by atoms with Crippen LogP contribution in [0.3, 0.4) is 0 Å². The Kier molecular flexibility index (Phi) is 5.99. The van der Waals surface area contributed by atoms with Gasteiger partial charge < -0.3 is 14.2 Å². The zero-order chi connectivity index (χ0) is 21.3. The highest BCUT2D eigenvalue weighted by Gasteiger charge is 2.43. The fourth-order valence-corrected chi connectivity index (χ4v) is 4.84. The number of nitrogens with zero attached hydrogens (tertiary/aromatic N) is 4. The van der Waals surface area contributed by atoms with Gasteiger partial charge >= 0.3 is 0 Å². The van der Waals surface area contributed by atoms with E-state index >= 15 is 0 Å². The number of anilines is 1. The van der Waals surface area contributed by atoms with E-state index in [2.05, 4.69) is 33.9 Å². The lowest BCUT2D eigenvalue weighted by molar-refractivity contribution is 0.275. The maximum atomic E-state index is 11.5. The highest BCUT2D eigenvalue weighted by Crippen LogP contribution is 2.49. The van der Waals surface area contributed by atoms with Crippen molar-refractivity contribution in [2.24, 2.45) is 17.8 Å². The first-order chi connectivity index (χ1) is 14.3. The Hall–Kier alpha value is -2.16. The van der Waals surface area contributed by atoms with Crippen LogP contribution in [0, 0.1) is 17.8 Å². The number of hydrogen-bond donors (Lipinski definition) is 0. The Morgan fingerprint density at radius 2 is 2.03 bits per heavy atom. The fraction of sp³-hybridized carbons (Fsp3) is 0.667. The summed E-state index contributed by atoms with van der Waals surface area (Å²) in [6, 6.07) is 3.17. The average molecular weight is 435 g/mol. The molecule has 1 saturated heterocycles. The lowest BCUT2D eigenvalue weighted by Crippen LogP contribution is -2.35. The van der Waals surface area contributed by atoms with Crippen LogP contribution >= 0.6 is 0 Å². The van der Waals surface area contributed by atoms with Gasteiger partial charge in [0, 0.05) is 37.5 Å². The van der Waals surface area contributed by atoms with Crippen LogP contribution in [0.2, 0.25) is 0 Å². The molecule has 0 bridgehead atoms. The summed E-state index contributed by atoms with van der Waals surface area (Å²) < 4.78 is 34.0. The van der Waals surface area contributed by atoms with E-state index in [1.54, 1.807) is 12.1 Å². The van der Waals surface area contributed by atoms with Crippen LogP contribution in [-0.2, 0) is 9.84 Å². The van der Waals surface area contributed by atoms with E-state index in [0.717, 1.165) is 43.2 Å². The van der Waals surface area contributed by atoms with Crippen LogP contribution in [0.5, 0.6) is 5.88 Å². The summed E-state index contributed by atoms with van der Waals surface area (Å²) in [5, 5.41) is 4.13. The number of aromatic nitrogens is 3. The van der Waals surface area contributed by atoms with E-state index in [4.69, 9.17) is 9.26 Å². The van der Waals surface area contributed by atoms with Gasteiger partial charge in [0.05, 0.1) is 11.5 Å². The Morgan fingerprint density at radius 1 is 1.27 bits per heavy atom. The summed E-state index contributed by atoms with van der Waals surface area (Å²) in [5.74, 6) is 4.43. The molecular weight excluding hydrogens is 404 g/mol. The lowest BCUT2D eigenvalue weighted by atomic mass is 9.90. The number of sulfone groups is 1. The van der Waals surface area contributed by atoms with Gasteiger partial charge in [0.2, 0.25) is 11.8 Å². The molecule has 164 valence electrons. The van der Waals surface area contributed by atoms with Crippen LogP contribution in [-0.4, -0.2) is 49.5 Å². The maximum absolute atomic E-state index is 11.5. The van der Waals surface area contributed by atoms with Crippen molar-refractivity contribution < 1.29 is 17.7 Å². The van der Waals surface area contributed by atoms with Crippen molar-refractivity contribution in [2.75, 3.05) is 30.9 Å². The second kappa shape index (κ2) is 8.53. The van der Waals surface area contributed by atoms with Gasteiger partial charge in [0.25, 0.3) is 5.95 Å². The number of pyridine rings is 1. The number of rotatable bonds is 8. The van der Waals surface area contributed by atoms with Gasteiger partial charge in [-0.05, 0) is 54.7 Å². The normalized spacial score (nSPS) is 22.5. The number of hydrogen-bond acceptors (Lipinski definition) is 8. The topological polar surface area (TPSA) is 98.4 Å². The molecule has 2 fully saturated rings. The Morgan fingerprint density at radius 3 is 2.63 bits per heavy atom. The monoisotopic (exact) mass is 434 g/mol. The highest BCUT2D eigenvalue weighted by molar-refractivity contribution is 7.90. The molecule has 0 spiro atoms. The molecule has 30 heavy (non-hydrogen) atoms. The zero-order valence-electron chi connectivity index (χ0n) is 17.8. The predicted molar refractivity (Wildman–Crippen MR) is 112 cm³/mol. The van der Waals surface area contributed by atoms with Crippen molar-refractivity contribution in [3.05, 3.63) is 24.2 Å². The van der Waals surface area contributed by atoms with E-state index in [1.807, 2.05) is 0 Å². The fourth-order valence-electron chi connectivity index (χ4n) is 4.28. The first-order valence-corrected chi connectivity index (χ1v) is 12.6. The average Bonchev–Trinajstić information content (AvgIpc) is 3.30. The molecule has 2 aromatic rings. The van der Waals surface area contributed by atoms with E-state index in [-0.39, 0.29) is 10.8 Å². The van der Waals surface area contributed by atoms with Crippen molar-refractivity contribution in [3.8, 4) is 5.88 Å². The maximum Gasteiger partial charge on any atom is 0.266 e. The Bertz CT molecular complexity index is 950. The summed E-state index contributed by atoms with van der Waals surface area (Å²) in [7, 11) is -3.22. The summed E-state index contributed by atoms with van der Waals surface area (Å²) in [4.78, 5) is 11.1. The first kappa shape index (κ1) is 21.1. The first-order valence-electron chi connectivity index (χ1n) is 10.7. The molecule has 8 nitrogen and oxygen atoms in total. The molecule has 4 rings (SSSR count). The summed E-state index contributed by atoms with van der Waals surface area (Å²) in [6.07, 6.45) is 7.15. The van der Waals surface area contributed by atoms with Crippen LogP contribution in [0.4, 0.5) is 5.95 Å². The van der Waals surface area contributed by atoms with Gasteiger partial charge in [0.15, 0.2) is 9.84 Å². The second-order valence-corrected chi connectivity index (χ2v) is 10.8. The van der Waals surface area contributed by atoms with Crippen LogP contribution in [0.15, 0.2) is 27.7 Å². The molecular formula is C21H30N4O4S. The Labute approximate surface area is 177 Å². The molecule has 0 amide bonds. The summed E-state index contributed by atoms with van der Waals surface area (Å²) in [6.45, 7) is 6.70. The summed E-state index contributed by atoms with van der Waals surface area (Å²) in [5.41, 5.74) is 0. The van der Waals surface area contributed by atoms with Crippen LogP contribution in [0.1, 0.15) is 51.3 Å². The molecule has 0 aromatic carbocycles. The van der Waals surface area contributed by atoms with E-state index < -0.39 is 9.84 Å². The third-order valence-electron chi connectivity index (χ3n) is 6.21. The van der Waals surface area contributed by atoms with Crippen molar-refractivity contribution in [1.29, 1.82) is 0 Å². The lowest BCUT2D eigenvalue weighted by Gasteiger charge is -2.31. The van der Waals surface area contributed by atoms with E-state index in [0.29, 0.717) is 18.4 Å². The van der Waals surface area contributed by atoms with E-state index in [1.165, 1.54) is 31.7 Å². The minimum Gasteiger partial charge on any atom is -0.478 e. The van der Waals surface area contributed by atoms with Crippen molar-refractivity contribution >= 4 is 15.8 Å². The van der Waals surface area contributed by atoms with Crippen molar-refractivity contribution in [1.82, 2.24) is 15.1 Å². The van der Waals surface area contributed by atoms with Gasteiger partial charge in [-0.2, -0.15) is 4.98 Å². The van der Waals surface area contributed by atoms with Gasteiger partial charge in [-0.1, -0.05) is 13.8 Å². The van der Waals surface area contributed by atoms with Gasteiger partial charge in [-0.3, -0.25) is 0 Å². The molecule has 0 radical (unpaired) electrons. The summed E-state index contributed by atoms with van der Waals surface area (Å²) >= 11 is 0. The number of ether oxygens (including phenoxy) is 1. The van der Waals surface area contributed by atoms with Crippen LogP contribution < -0.4 is 9.64 Å². The quantitative estimate of drug-likeness (QED) is 0.624. The molecule has 1 aliphatic carbocycles. The smallest absolute Gasteiger partial charge is 0.266 e. The molecule has 1 saturated carbocycles. The van der Waals surface area contributed by atoms with Gasteiger partial charge in [-0.15, -0.1) is 0 Å². The minimum atomic E-state index is -3.22. The van der Waals surface area contributed by atoms with Crippen molar-refractivity contribution in [2.45, 2.75) is 50.3 Å². The van der Waals surface area contributed by atoms with Gasteiger partial charge in [0.1, 0.15) is 0 Å². The number of piperidine rings is 1. The largest absolute Gasteiger partial charge is 0.478 e. The molecule has 3 heterocycles. The highest BCUT2D eigenvalue weighted by atomic mass is 32.2.